The highest BCUT2D eigenvalue weighted by Crippen LogP contribution is 2.31. The van der Waals surface area contributed by atoms with Crippen molar-refractivity contribution in [2.75, 3.05) is 36.6 Å². The average Bonchev–Trinajstić information content (AvgIpc) is 2.37. The molecule has 104 valence electrons. The van der Waals surface area contributed by atoms with Crippen molar-refractivity contribution in [3.63, 3.8) is 0 Å². The molecule has 0 saturated carbocycles. The standard InChI is InChI=1S/C11H14N2O5S/c1-18-11-8-9(2-3-10(11)13(14)15)12-4-6-19(16,17)7-5-12/h2-3,8H,4-7H2,1H3. The van der Waals surface area contributed by atoms with Crippen LogP contribution in [0.5, 0.6) is 5.75 Å². The van der Waals surface area contributed by atoms with E-state index in [4.69, 9.17) is 4.74 Å². The van der Waals surface area contributed by atoms with Crippen molar-refractivity contribution in [1.82, 2.24) is 0 Å². The quantitative estimate of drug-likeness (QED) is 0.604. The first-order valence-corrected chi connectivity index (χ1v) is 7.53. The third-order valence-electron chi connectivity index (χ3n) is 3.07. The van der Waals surface area contributed by atoms with E-state index in [1.165, 1.54) is 13.2 Å². The molecule has 1 aromatic rings. The molecule has 0 amide bonds. The van der Waals surface area contributed by atoms with Crippen molar-refractivity contribution >= 4 is 21.2 Å². The van der Waals surface area contributed by atoms with Gasteiger partial charge in [-0.1, -0.05) is 0 Å². The molecule has 19 heavy (non-hydrogen) atoms. The van der Waals surface area contributed by atoms with Crippen LogP contribution in [0.25, 0.3) is 0 Å². The molecule has 0 aromatic heterocycles. The summed E-state index contributed by atoms with van der Waals surface area (Å²) in [6.45, 7) is 0.784. The van der Waals surface area contributed by atoms with Crippen LogP contribution in [0.1, 0.15) is 0 Å². The van der Waals surface area contributed by atoms with E-state index in [1.807, 2.05) is 4.90 Å². The summed E-state index contributed by atoms with van der Waals surface area (Å²) in [5.41, 5.74) is 0.633. The first-order valence-electron chi connectivity index (χ1n) is 5.71. The van der Waals surface area contributed by atoms with Crippen molar-refractivity contribution in [2.24, 2.45) is 0 Å². The van der Waals surface area contributed by atoms with Crippen LogP contribution in [-0.2, 0) is 9.84 Å². The number of ether oxygens (including phenoxy) is 1. The highest BCUT2D eigenvalue weighted by atomic mass is 32.2. The molecular formula is C11H14N2O5S. The van der Waals surface area contributed by atoms with Crippen LogP contribution in [0.15, 0.2) is 18.2 Å². The van der Waals surface area contributed by atoms with Gasteiger partial charge in [-0.25, -0.2) is 8.42 Å². The summed E-state index contributed by atoms with van der Waals surface area (Å²) in [5, 5.41) is 10.8. The molecule has 2 rings (SSSR count). The van der Waals surface area contributed by atoms with Crippen LogP contribution in [0.2, 0.25) is 0 Å². The number of nitrogens with zero attached hydrogens (tertiary/aromatic N) is 2. The summed E-state index contributed by atoms with van der Waals surface area (Å²) >= 11 is 0. The Labute approximate surface area is 110 Å². The maximum atomic E-state index is 11.4. The van der Waals surface area contributed by atoms with E-state index >= 15 is 0 Å². The number of methoxy groups -OCH3 is 1. The van der Waals surface area contributed by atoms with Gasteiger partial charge in [0, 0.05) is 30.9 Å². The first-order chi connectivity index (χ1) is 8.93. The highest BCUT2D eigenvalue weighted by Gasteiger charge is 2.23. The second-order valence-electron chi connectivity index (χ2n) is 4.25. The molecule has 0 spiro atoms. The molecule has 0 aliphatic carbocycles. The van der Waals surface area contributed by atoms with Gasteiger partial charge < -0.3 is 9.64 Å². The Bertz CT molecular complexity index is 585. The normalized spacial score (nSPS) is 18.1. The maximum Gasteiger partial charge on any atom is 0.311 e. The van der Waals surface area contributed by atoms with Crippen LogP contribution in [-0.4, -0.2) is 45.0 Å². The molecule has 0 atom stereocenters. The molecule has 1 aliphatic heterocycles. The fourth-order valence-corrected chi connectivity index (χ4v) is 3.19. The van der Waals surface area contributed by atoms with Gasteiger partial charge in [-0.2, -0.15) is 0 Å². The topological polar surface area (TPSA) is 89.8 Å². The van der Waals surface area contributed by atoms with Crippen molar-refractivity contribution < 1.29 is 18.1 Å². The summed E-state index contributed by atoms with van der Waals surface area (Å²) < 4.78 is 27.7. The lowest BCUT2D eigenvalue weighted by Crippen LogP contribution is -2.40. The number of nitro benzene ring substituents is 1. The minimum Gasteiger partial charge on any atom is -0.490 e. The molecule has 1 heterocycles. The lowest BCUT2D eigenvalue weighted by molar-refractivity contribution is -0.385. The monoisotopic (exact) mass is 286 g/mol. The summed E-state index contributed by atoms with van der Waals surface area (Å²) in [5.74, 6) is 0.384. The molecule has 1 aliphatic rings. The van der Waals surface area contributed by atoms with Gasteiger partial charge in [0.1, 0.15) is 0 Å². The molecule has 0 N–H and O–H groups in total. The van der Waals surface area contributed by atoms with Crippen LogP contribution >= 0.6 is 0 Å². The van der Waals surface area contributed by atoms with Crippen LogP contribution in [0, 0.1) is 10.1 Å². The minimum atomic E-state index is -2.94. The Morgan fingerprint density at radius 2 is 1.95 bits per heavy atom. The summed E-state index contributed by atoms with van der Waals surface area (Å²) in [4.78, 5) is 12.2. The molecule has 8 heteroatoms. The van der Waals surface area contributed by atoms with Crippen molar-refractivity contribution in [3.05, 3.63) is 28.3 Å². The summed E-state index contributed by atoms with van der Waals surface area (Å²) in [6.07, 6.45) is 0. The molecule has 1 aromatic carbocycles. The van der Waals surface area contributed by atoms with Gasteiger partial charge in [-0.3, -0.25) is 10.1 Å². The van der Waals surface area contributed by atoms with Crippen molar-refractivity contribution in [2.45, 2.75) is 0 Å². The van der Waals surface area contributed by atoms with Gasteiger partial charge in [-0.15, -0.1) is 0 Å². The molecule has 7 nitrogen and oxygen atoms in total. The van der Waals surface area contributed by atoms with E-state index in [-0.39, 0.29) is 22.9 Å². The number of sulfone groups is 1. The third-order valence-corrected chi connectivity index (χ3v) is 4.68. The van der Waals surface area contributed by atoms with Gasteiger partial charge >= 0.3 is 5.69 Å². The molecule has 0 unspecified atom stereocenters. The van der Waals surface area contributed by atoms with Gasteiger partial charge in [0.05, 0.1) is 23.5 Å². The zero-order valence-electron chi connectivity index (χ0n) is 10.4. The molecule has 0 radical (unpaired) electrons. The van der Waals surface area contributed by atoms with E-state index in [0.717, 1.165) is 5.69 Å². The second-order valence-corrected chi connectivity index (χ2v) is 6.56. The third kappa shape index (κ3) is 2.95. The SMILES string of the molecule is COc1cc(N2CCS(=O)(=O)CC2)ccc1[N+](=O)[O-]. The van der Waals surface area contributed by atoms with Gasteiger partial charge in [-0.05, 0) is 6.07 Å². The van der Waals surface area contributed by atoms with E-state index in [9.17, 15) is 18.5 Å². The molecule has 1 saturated heterocycles. The lowest BCUT2D eigenvalue weighted by atomic mass is 10.2. The number of nitro groups is 1. The predicted octanol–water partition coefficient (Wildman–Crippen LogP) is 0.838. The summed E-state index contributed by atoms with van der Waals surface area (Å²) in [6, 6.07) is 4.55. The Morgan fingerprint density at radius 1 is 1.32 bits per heavy atom. The van der Waals surface area contributed by atoms with E-state index < -0.39 is 14.8 Å². The zero-order chi connectivity index (χ0) is 14.0. The van der Waals surface area contributed by atoms with Gasteiger partial charge in [0.25, 0.3) is 0 Å². The number of anilines is 1. The van der Waals surface area contributed by atoms with Gasteiger partial charge in [0.15, 0.2) is 15.6 Å². The fraction of sp³-hybridized carbons (Fsp3) is 0.455. The highest BCUT2D eigenvalue weighted by molar-refractivity contribution is 7.91. The Kier molecular flexibility index (Phi) is 3.61. The van der Waals surface area contributed by atoms with Crippen molar-refractivity contribution in [3.8, 4) is 5.75 Å². The zero-order valence-corrected chi connectivity index (χ0v) is 11.2. The first kappa shape index (κ1) is 13.6. The van der Waals surface area contributed by atoms with Gasteiger partial charge in [0.2, 0.25) is 0 Å². The van der Waals surface area contributed by atoms with Crippen LogP contribution < -0.4 is 9.64 Å². The largest absolute Gasteiger partial charge is 0.490 e. The number of benzene rings is 1. The van der Waals surface area contributed by atoms with Crippen molar-refractivity contribution in [1.29, 1.82) is 0 Å². The predicted molar refractivity (Wildman–Crippen MR) is 70.5 cm³/mol. The lowest BCUT2D eigenvalue weighted by Gasteiger charge is -2.28. The second kappa shape index (κ2) is 5.04. The number of rotatable bonds is 3. The van der Waals surface area contributed by atoms with Crippen LogP contribution in [0.3, 0.4) is 0 Å². The fourth-order valence-electron chi connectivity index (χ4n) is 1.98. The van der Waals surface area contributed by atoms with E-state index in [2.05, 4.69) is 0 Å². The maximum absolute atomic E-state index is 11.4. The van der Waals surface area contributed by atoms with E-state index in [0.29, 0.717) is 13.1 Å². The van der Waals surface area contributed by atoms with E-state index in [1.54, 1.807) is 12.1 Å². The molecular weight excluding hydrogens is 272 g/mol. The Balaban J connectivity index is 2.25. The molecule has 1 fully saturated rings. The minimum absolute atomic E-state index is 0.101. The number of hydrogen-bond donors (Lipinski definition) is 0. The summed E-state index contributed by atoms with van der Waals surface area (Å²) in [7, 11) is -1.57. The smallest absolute Gasteiger partial charge is 0.311 e. The Morgan fingerprint density at radius 3 is 2.47 bits per heavy atom. The Hall–Kier alpha value is -1.83. The average molecular weight is 286 g/mol. The number of hydrogen-bond acceptors (Lipinski definition) is 6. The molecule has 0 bridgehead atoms. The van der Waals surface area contributed by atoms with Crippen LogP contribution in [0.4, 0.5) is 11.4 Å².